The lowest BCUT2D eigenvalue weighted by molar-refractivity contribution is -0.147. The number of anilines is 2. The Morgan fingerprint density at radius 3 is 2.43 bits per heavy atom. The number of hydrogen-bond acceptors (Lipinski definition) is 11. The molecule has 1 unspecified atom stereocenters. The topological polar surface area (TPSA) is 110 Å². The van der Waals surface area contributed by atoms with Gasteiger partial charge in [0.1, 0.15) is 30.4 Å². The van der Waals surface area contributed by atoms with Crippen molar-refractivity contribution in [3.8, 4) is 11.8 Å². The molecule has 0 bridgehead atoms. The zero-order chi connectivity index (χ0) is 36.1. The van der Waals surface area contributed by atoms with E-state index in [1.165, 1.54) is 12.0 Å². The molecule has 12 nitrogen and oxygen atoms in total. The van der Waals surface area contributed by atoms with Gasteiger partial charge < -0.3 is 33.6 Å². The molecule has 6 rings (SSSR count). The number of nitrogens with zero attached hydrogens (tertiary/aromatic N) is 6. The fourth-order valence-electron chi connectivity index (χ4n) is 6.44. The second-order valence-corrected chi connectivity index (χ2v) is 14.2. The highest BCUT2D eigenvalue weighted by molar-refractivity contribution is 5.96. The first-order valence-corrected chi connectivity index (χ1v) is 17.4. The van der Waals surface area contributed by atoms with Crippen molar-refractivity contribution in [1.29, 1.82) is 0 Å². The van der Waals surface area contributed by atoms with Crippen LogP contribution in [-0.4, -0.2) is 104 Å². The number of carbonyl (C=O) groups excluding carboxylic acids is 2. The van der Waals surface area contributed by atoms with Gasteiger partial charge in [-0.2, -0.15) is 9.97 Å². The lowest BCUT2D eigenvalue weighted by Gasteiger charge is -2.42. The molecule has 0 N–H and O–H groups in total. The quantitative estimate of drug-likeness (QED) is 0.201. The Balaban J connectivity index is 1.32. The van der Waals surface area contributed by atoms with Crippen LogP contribution in [0.3, 0.4) is 0 Å². The molecule has 2 aliphatic rings. The van der Waals surface area contributed by atoms with Gasteiger partial charge in [-0.1, -0.05) is 54.6 Å². The van der Waals surface area contributed by atoms with Crippen molar-refractivity contribution in [3.05, 3.63) is 83.6 Å². The lowest BCUT2D eigenvalue weighted by Crippen LogP contribution is -2.59. The number of rotatable bonds is 10. The fraction of sp³-hybridized carbons (Fsp3) is 0.436. The number of ether oxygens (including phenoxy) is 4. The van der Waals surface area contributed by atoms with Gasteiger partial charge in [0.25, 0.3) is 0 Å². The van der Waals surface area contributed by atoms with E-state index in [1.54, 1.807) is 20.8 Å². The molecule has 1 saturated heterocycles. The van der Waals surface area contributed by atoms with Gasteiger partial charge in [0, 0.05) is 48.9 Å². The first kappa shape index (κ1) is 35.7. The summed E-state index contributed by atoms with van der Waals surface area (Å²) in [6, 6.07) is 22.1. The van der Waals surface area contributed by atoms with Crippen molar-refractivity contribution < 1.29 is 28.5 Å². The second kappa shape index (κ2) is 15.4. The van der Waals surface area contributed by atoms with Crippen molar-refractivity contribution in [2.24, 2.45) is 0 Å². The summed E-state index contributed by atoms with van der Waals surface area (Å²) in [5.74, 6) is 0.997. The highest BCUT2D eigenvalue weighted by Crippen LogP contribution is 2.37. The van der Waals surface area contributed by atoms with Crippen LogP contribution < -0.4 is 19.3 Å². The molecule has 0 spiro atoms. The van der Waals surface area contributed by atoms with E-state index in [0.717, 1.165) is 39.0 Å². The zero-order valence-corrected chi connectivity index (χ0v) is 30.4. The van der Waals surface area contributed by atoms with Crippen molar-refractivity contribution in [2.75, 3.05) is 70.3 Å². The van der Waals surface area contributed by atoms with Gasteiger partial charge in [0.2, 0.25) is 0 Å². The number of piperazine rings is 1. The maximum absolute atomic E-state index is 13.2. The zero-order valence-electron chi connectivity index (χ0n) is 30.4. The number of methoxy groups -OCH3 is 1. The average molecular weight is 697 g/mol. The van der Waals surface area contributed by atoms with E-state index in [-0.39, 0.29) is 19.1 Å². The standard InChI is InChI=1S/C39H48N6O6/c1-39(2,3)51-38(47)45-19-18-44(25-34(45)36(46)48-6)35-31-16-17-43(24-32(31)40-37(41-35)49-21-20-42(4)5)33-23-29(22-28-14-10-11-15-30(28)33)50-26-27-12-8-7-9-13-27/h7-15,22-23,34H,16-21,24-26H2,1-6H3. The third-order valence-electron chi connectivity index (χ3n) is 8.98. The maximum Gasteiger partial charge on any atom is 0.411 e. The van der Waals surface area contributed by atoms with Gasteiger partial charge in [-0.25, -0.2) is 9.59 Å². The summed E-state index contributed by atoms with van der Waals surface area (Å²) in [4.78, 5) is 44.0. The van der Waals surface area contributed by atoms with Crippen molar-refractivity contribution >= 4 is 34.3 Å². The molecule has 0 saturated carbocycles. The fourth-order valence-corrected chi connectivity index (χ4v) is 6.44. The molecule has 2 aliphatic heterocycles. The minimum absolute atomic E-state index is 0.196. The Kier molecular flexibility index (Phi) is 10.8. The van der Waals surface area contributed by atoms with E-state index in [0.29, 0.717) is 51.6 Å². The SMILES string of the molecule is COC(=O)C1CN(c2nc(OCCN(C)C)nc3c2CCN(c2cc(OCc4ccccc4)cc4ccccc24)C3)CCN1C(=O)OC(C)(C)C. The van der Waals surface area contributed by atoms with E-state index >= 15 is 0 Å². The van der Waals surface area contributed by atoms with Gasteiger partial charge >= 0.3 is 18.1 Å². The van der Waals surface area contributed by atoms with Crippen molar-refractivity contribution in [3.63, 3.8) is 0 Å². The number of esters is 1. The molecule has 0 aliphatic carbocycles. The summed E-state index contributed by atoms with van der Waals surface area (Å²) in [5, 5.41) is 2.22. The molecule has 51 heavy (non-hydrogen) atoms. The summed E-state index contributed by atoms with van der Waals surface area (Å²) in [6.45, 7) is 9.15. The van der Waals surface area contributed by atoms with Gasteiger partial charge in [-0.3, -0.25) is 4.90 Å². The Bertz CT molecular complexity index is 1850. The molecule has 3 aromatic carbocycles. The van der Waals surface area contributed by atoms with E-state index in [1.807, 2.05) is 48.2 Å². The van der Waals surface area contributed by atoms with Crippen LogP contribution in [0.5, 0.6) is 11.8 Å². The molecular weight excluding hydrogens is 648 g/mol. The molecule has 1 aromatic heterocycles. The summed E-state index contributed by atoms with van der Waals surface area (Å²) >= 11 is 0. The highest BCUT2D eigenvalue weighted by Gasteiger charge is 2.40. The third kappa shape index (κ3) is 8.62. The number of aromatic nitrogens is 2. The normalized spacial score (nSPS) is 16.2. The Morgan fingerprint density at radius 1 is 0.922 bits per heavy atom. The Labute approximate surface area is 299 Å². The number of hydrogen-bond donors (Lipinski definition) is 0. The van der Waals surface area contributed by atoms with Gasteiger partial charge in [0.05, 0.1) is 25.9 Å². The smallest absolute Gasteiger partial charge is 0.411 e. The molecule has 270 valence electrons. The first-order chi connectivity index (χ1) is 24.5. The van der Waals surface area contributed by atoms with Crippen LogP contribution >= 0.6 is 0 Å². The minimum Gasteiger partial charge on any atom is -0.489 e. The predicted molar refractivity (Wildman–Crippen MR) is 197 cm³/mol. The summed E-state index contributed by atoms with van der Waals surface area (Å²) in [7, 11) is 5.30. The molecule has 1 amide bonds. The molecule has 4 aromatic rings. The summed E-state index contributed by atoms with van der Waals surface area (Å²) in [5.41, 5.74) is 3.32. The van der Waals surface area contributed by atoms with Gasteiger partial charge in [0.15, 0.2) is 6.04 Å². The van der Waals surface area contributed by atoms with Crippen LogP contribution in [0.2, 0.25) is 0 Å². The van der Waals surface area contributed by atoms with Gasteiger partial charge in [-0.15, -0.1) is 0 Å². The number of amides is 1. The molecule has 3 heterocycles. The lowest BCUT2D eigenvalue weighted by atomic mass is 10.0. The first-order valence-electron chi connectivity index (χ1n) is 17.4. The summed E-state index contributed by atoms with van der Waals surface area (Å²) in [6.07, 6.45) is 0.120. The average Bonchev–Trinajstić information content (AvgIpc) is 3.12. The molecule has 1 atom stereocenters. The number of benzene rings is 3. The molecular formula is C39H48N6O6. The van der Waals surface area contributed by atoms with E-state index in [4.69, 9.17) is 28.9 Å². The molecule has 0 radical (unpaired) electrons. The van der Waals surface area contributed by atoms with Crippen molar-refractivity contribution in [2.45, 2.75) is 52.0 Å². The van der Waals surface area contributed by atoms with Gasteiger partial charge in [-0.05, 0) is 58.3 Å². The maximum atomic E-state index is 13.2. The Hall–Kier alpha value is -5.10. The monoisotopic (exact) mass is 696 g/mol. The number of carbonyl (C=O) groups is 2. The van der Waals surface area contributed by atoms with Crippen LogP contribution in [0.1, 0.15) is 37.6 Å². The molecule has 1 fully saturated rings. The predicted octanol–water partition coefficient (Wildman–Crippen LogP) is 5.31. The largest absolute Gasteiger partial charge is 0.489 e. The van der Waals surface area contributed by atoms with Crippen LogP contribution in [-0.2, 0) is 33.8 Å². The summed E-state index contributed by atoms with van der Waals surface area (Å²) < 4.78 is 23.2. The Morgan fingerprint density at radius 2 is 1.69 bits per heavy atom. The van der Waals surface area contributed by atoms with Crippen LogP contribution in [0.4, 0.5) is 16.3 Å². The van der Waals surface area contributed by atoms with Crippen LogP contribution in [0, 0.1) is 0 Å². The van der Waals surface area contributed by atoms with Crippen molar-refractivity contribution in [1.82, 2.24) is 19.8 Å². The second-order valence-electron chi connectivity index (χ2n) is 14.2. The van der Waals surface area contributed by atoms with E-state index in [2.05, 4.69) is 47.4 Å². The highest BCUT2D eigenvalue weighted by atomic mass is 16.6. The number of fused-ring (bicyclic) bond motifs is 2. The third-order valence-corrected chi connectivity index (χ3v) is 8.98. The van der Waals surface area contributed by atoms with Crippen LogP contribution in [0.15, 0.2) is 66.7 Å². The molecule has 12 heteroatoms. The minimum atomic E-state index is -0.868. The van der Waals surface area contributed by atoms with Crippen LogP contribution in [0.25, 0.3) is 10.8 Å². The van der Waals surface area contributed by atoms with E-state index in [9.17, 15) is 9.59 Å². The number of likely N-dealkylation sites (N-methyl/N-ethyl adjacent to an activating group) is 1. The van der Waals surface area contributed by atoms with E-state index < -0.39 is 23.7 Å².